The van der Waals surface area contributed by atoms with Crippen molar-refractivity contribution in [3.63, 3.8) is 0 Å². The number of nitrogens with zero attached hydrogens (tertiary/aromatic N) is 5. The zero-order valence-electron chi connectivity index (χ0n) is 17.2. The number of aromatic nitrogens is 3. The molecule has 1 aromatic heterocycles. The number of hydrogen-bond donors (Lipinski definition) is 2. The molecular formula is C18H36IN7O. The molecule has 1 aromatic rings. The van der Waals surface area contributed by atoms with Crippen LogP contribution in [0, 0.1) is 12.8 Å². The molecule has 1 aliphatic rings. The van der Waals surface area contributed by atoms with Crippen molar-refractivity contribution in [2.24, 2.45) is 18.0 Å². The molecule has 0 spiro atoms. The van der Waals surface area contributed by atoms with Crippen LogP contribution < -0.4 is 10.6 Å². The average Bonchev–Trinajstić information content (AvgIpc) is 2.95. The quantitative estimate of drug-likeness (QED) is 0.235. The van der Waals surface area contributed by atoms with Crippen LogP contribution >= 0.6 is 24.0 Å². The Morgan fingerprint density at radius 3 is 2.52 bits per heavy atom. The van der Waals surface area contributed by atoms with E-state index in [1.165, 1.54) is 0 Å². The lowest BCUT2D eigenvalue weighted by Gasteiger charge is -2.26. The number of hydrogen-bond acceptors (Lipinski definition) is 5. The van der Waals surface area contributed by atoms with Gasteiger partial charge in [0.15, 0.2) is 11.8 Å². The van der Waals surface area contributed by atoms with Crippen LogP contribution in [0.1, 0.15) is 38.3 Å². The molecule has 0 aromatic carbocycles. The molecule has 156 valence electrons. The summed E-state index contributed by atoms with van der Waals surface area (Å²) >= 11 is 0. The fourth-order valence-electron chi connectivity index (χ4n) is 2.73. The van der Waals surface area contributed by atoms with Gasteiger partial charge in [0.05, 0.1) is 13.2 Å². The molecule has 8 nitrogen and oxygen atoms in total. The second kappa shape index (κ2) is 13.3. The van der Waals surface area contributed by atoms with Gasteiger partial charge >= 0.3 is 0 Å². The summed E-state index contributed by atoms with van der Waals surface area (Å²) in [5.41, 5.74) is 0. The van der Waals surface area contributed by atoms with Crippen molar-refractivity contribution in [3.8, 4) is 0 Å². The maximum absolute atomic E-state index is 5.39. The number of guanidine groups is 1. The highest BCUT2D eigenvalue weighted by molar-refractivity contribution is 14.0. The van der Waals surface area contributed by atoms with E-state index in [1.807, 2.05) is 18.5 Å². The highest BCUT2D eigenvalue weighted by Gasteiger charge is 2.10. The molecule has 0 amide bonds. The van der Waals surface area contributed by atoms with Gasteiger partial charge in [-0.05, 0) is 32.2 Å². The minimum Gasteiger partial charge on any atom is -0.379 e. The molecule has 0 aliphatic carbocycles. The zero-order chi connectivity index (χ0) is 18.8. The Bertz CT molecular complexity index is 556. The van der Waals surface area contributed by atoms with Crippen molar-refractivity contribution in [2.45, 2.75) is 40.2 Å². The van der Waals surface area contributed by atoms with Gasteiger partial charge in [0.25, 0.3) is 0 Å². The number of morpholine rings is 1. The van der Waals surface area contributed by atoms with Crippen molar-refractivity contribution >= 4 is 29.9 Å². The lowest BCUT2D eigenvalue weighted by Crippen LogP contribution is -2.41. The normalized spacial score (nSPS) is 15.7. The second-order valence-corrected chi connectivity index (χ2v) is 7.23. The number of aryl methyl sites for hydroxylation is 1. The smallest absolute Gasteiger partial charge is 0.191 e. The molecule has 0 unspecified atom stereocenters. The summed E-state index contributed by atoms with van der Waals surface area (Å²) in [6.07, 6.45) is 2.21. The number of aliphatic imine (C=N–C) groups is 1. The van der Waals surface area contributed by atoms with E-state index in [4.69, 9.17) is 4.74 Å². The van der Waals surface area contributed by atoms with Gasteiger partial charge in [-0.3, -0.25) is 4.90 Å². The molecule has 27 heavy (non-hydrogen) atoms. The van der Waals surface area contributed by atoms with Crippen LogP contribution in [0.15, 0.2) is 4.99 Å². The topological polar surface area (TPSA) is 79.6 Å². The molecule has 2 heterocycles. The molecule has 1 fully saturated rings. The summed E-state index contributed by atoms with van der Waals surface area (Å²) in [6.45, 7) is 13.7. The largest absolute Gasteiger partial charge is 0.379 e. The number of halogens is 1. The van der Waals surface area contributed by atoms with E-state index in [0.29, 0.717) is 12.5 Å². The summed E-state index contributed by atoms with van der Waals surface area (Å²) < 4.78 is 7.37. The van der Waals surface area contributed by atoms with Gasteiger partial charge in [-0.15, -0.1) is 34.2 Å². The monoisotopic (exact) mass is 493 g/mol. The Labute approximate surface area is 180 Å². The Balaban J connectivity index is 0.00000364. The first-order valence-corrected chi connectivity index (χ1v) is 9.73. The van der Waals surface area contributed by atoms with Crippen LogP contribution in [0.3, 0.4) is 0 Å². The summed E-state index contributed by atoms with van der Waals surface area (Å²) in [4.78, 5) is 7.14. The summed E-state index contributed by atoms with van der Waals surface area (Å²) in [5.74, 6) is 3.31. The van der Waals surface area contributed by atoms with E-state index in [2.05, 4.69) is 44.6 Å². The predicted octanol–water partition coefficient (Wildman–Crippen LogP) is 1.55. The van der Waals surface area contributed by atoms with Gasteiger partial charge in [0.1, 0.15) is 12.4 Å². The van der Waals surface area contributed by atoms with E-state index < -0.39 is 0 Å². The summed E-state index contributed by atoms with van der Waals surface area (Å²) in [5, 5.41) is 15.2. The highest BCUT2D eigenvalue weighted by atomic mass is 127. The van der Waals surface area contributed by atoms with Crippen molar-refractivity contribution in [1.82, 2.24) is 30.3 Å². The molecule has 9 heteroatoms. The number of rotatable bonds is 9. The lowest BCUT2D eigenvalue weighted by atomic mass is 10.1. The molecule has 0 atom stereocenters. The molecule has 0 saturated carbocycles. The minimum atomic E-state index is 0. The van der Waals surface area contributed by atoms with E-state index in [1.54, 1.807) is 0 Å². The SMILES string of the molecule is Cc1nnc(CN=C(NCCCN2CCOCC2)NCCC(C)C)n1C.I. The Morgan fingerprint density at radius 2 is 1.89 bits per heavy atom. The fourth-order valence-corrected chi connectivity index (χ4v) is 2.73. The molecule has 0 radical (unpaired) electrons. The molecule has 2 rings (SSSR count). The van der Waals surface area contributed by atoms with Crippen LogP contribution in [0.5, 0.6) is 0 Å². The summed E-state index contributed by atoms with van der Waals surface area (Å²) in [6, 6.07) is 0. The van der Waals surface area contributed by atoms with Gasteiger partial charge in [-0.1, -0.05) is 13.8 Å². The molecule has 1 aliphatic heterocycles. The third kappa shape index (κ3) is 9.20. The van der Waals surface area contributed by atoms with Gasteiger partial charge in [0, 0.05) is 33.2 Å². The standard InChI is InChI=1S/C18H35N7O.HI/c1-15(2)6-8-20-18(21-14-17-23-22-16(3)24(17)4)19-7-5-9-25-10-12-26-13-11-25;/h15H,5-14H2,1-4H3,(H2,19,20,21);1H. The maximum atomic E-state index is 5.39. The minimum absolute atomic E-state index is 0. The van der Waals surface area contributed by atoms with Crippen LogP contribution in [-0.4, -0.2) is 71.6 Å². The molecule has 0 bridgehead atoms. The van der Waals surface area contributed by atoms with E-state index in [9.17, 15) is 0 Å². The Hall–Kier alpha value is -0.940. The van der Waals surface area contributed by atoms with Crippen molar-refractivity contribution in [2.75, 3.05) is 45.9 Å². The lowest BCUT2D eigenvalue weighted by molar-refractivity contribution is 0.0376. The van der Waals surface area contributed by atoms with Crippen LogP contribution in [0.25, 0.3) is 0 Å². The van der Waals surface area contributed by atoms with Gasteiger partial charge in [-0.25, -0.2) is 4.99 Å². The van der Waals surface area contributed by atoms with Crippen molar-refractivity contribution in [3.05, 3.63) is 11.6 Å². The zero-order valence-corrected chi connectivity index (χ0v) is 19.5. The van der Waals surface area contributed by atoms with Crippen LogP contribution in [-0.2, 0) is 18.3 Å². The van der Waals surface area contributed by atoms with Gasteiger partial charge in [-0.2, -0.15) is 0 Å². The van der Waals surface area contributed by atoms with Crippen LogP contribution in [0.2, 0.25) is 0 Å². The van der Waals surface area contributed by atoms with E-state index >= 15 is 0 Å². The van der Waals surface area contributed by atoms with E-state index in [-0.39, 0.29) is 24.0 Å². The molecule has 2 N–H and O–H groups in total. The second-order valence-electron chi connectivity index (χ2n) is 7.23. The van der Waals surface area contributed by atoms with Gasteiger partial charge < -0.3 is 19.9 Å². The Morgan fingerprint density at radius 1 is 1.19 bits per heavy atom. The highest BCUT2D eigenvalue weighted by Crippen LogP contribution is 2.00. The third-order valence-corrected chi connectivity index (χ3v) is 4.62. The van der Waals surface area contributed by atoms with Gasteiger partial charge in [0.2, 0.25) is 0 Å². The van der Waals surface area contributed by atoms with Crippen molar-refractivity contribution < 1.29 is 4.74 Å². The first-order chi connectivity index (χ1) is 12.6. The fraction of sp³-hybridized carbons (Fsp3) is 0.833. The van der Waals surface area contributed by atoms with Crippen LogP contribution in [0.4, 0.5) is 0 Å². The first-order valence-electron chi connectivity index (χ1n) is 9.73. The Kier molecular flexibility index (Phi) is 11.8. The molecule has 1 saturated heterocycles. The maximum Gasteiger partial charge on any atom is 0.191 e. The predicted molar refractivity (Wildman–Crippen MR) is 120 cm³/mol. The first kappa shape index (κ1) is 24.1. The average molecular weight is 493 g/mol. The number of nitrogens with one attached hydrogen (secondary N) is 2. The number of ether oxygens (including phenoxy) is 1. The van der Waals surface area contributed by atoms with E-state index in [0.717, 1.165) is 76.4 Å². The summed E-state index contributed by atoms with van der Waals surface area (Å²) in [7, 11) is 1.97. The molecular weight excluding hydrogens is 457 g/mol. The third-order valence-electron chi connectivity index (χ3n) is 4.62. The van der Waals surface area contributed by atoms with Crippen molar-refractivity contribution in [1.29, 1.82) is 0 Å².